The first-order valence-electron chi connectivity index (χ1n) is 8.49. The fourth-order valence-electron chi connectivity index (χ4n) is 2.58. The second kappa shape index (κ2) is 8.60. The molecule has 1 fully saturated rings. The highest BCUT2D eigenvalue weighted by atomic mass is 16.5. The van der Waals surface area contributed by atoms with Gasteiger partial charge in [-0.15, -0.1) is 0 Å². The molecular formula is C19H23N3O3. The largest absolute Gasteiger partial charge is 0.457 e. The number of ether oxygens (including phenoxy) is 2. The molecule has 132 valence electrons. The van der Waals surface area contributed by atoms with Crippen LogP contribution in [0.4, 0.5) is 0 Å². The average molecular weight is 341 g/mol. The van der Waals surface area contributed by atoms with Crippen LogP contribution >= 0.6 is 0 Å². The van der Waals surface area contributed by atoms with Crippen LogP contribution in [0.25, 0.3) is 0 Å². The van der Waals surface area contributed by atoms with Gasteiger partial charge in [0.15, 0.2) is 0 Å². The van der Waals surface area contributed by atoms with E-state index in [0.29, 0.717) is 18.0 Å². The Kier molecular flexibility index (Phi) is 5.98. The Morgan fingerprint density at radius 1 is 1.20 bits per heavy atom. The zero-order chi connectivity index (χ0) is 17.5. The number of nitrogens with zero attached hydrogens (tertiary/aromatic N) is 2. The molecule has 3 rings (SSSR count). The number of rotatable bonds is 6. The molecule has 1 N–H and O–H groups in total. The summed E-state index contributed by atoms with van der Waals surface area (Å²) in [6, 6.07) is 11.2. The smallest absolute Gasteiger partial charge is 0.270 e. The fraction of sp³-hybridized carbons (Fsp3) is 0.368. The highest BCUT2D eigenvalue weighted by molar-refractivity contribution is 5.92. The van der Waals surface area contributed by atoms with Gasteiger partial charge in [-0.25, -0.2) is 0 Å². The van der Waals surface area contributed by atoms with Crippen LogP contribution in [0.5, 0.6) is 11.5 Å². The zero-order valence-electron chi connectivity index (χ0n) is 14.4. The number of benzene rings is 1. The molecule has 1 aromatic carbocycles. The molecule has 1 saturated heterocycles. The average Bonchev–Trinajstić information content (AvgIpc) is 2.65. The Balaban J connectivity index is 1.52. The SMILES string of the molecule is Cc1ccc(Oc2ccnc(C(=O)NCCN3CCOCC3)c2)cc1. The van der Waals surface area contributed by atoms with E-state index in [1.807, 2.05) is 31.2 Å². The van der Waals surface area contributed by atoms with E-state index < -0.39 is 0 Å². The van der Waals surface area contributed by atoms with Crippen LogP contribution in [0, 0.1) is 6.92 Å². The fourth-order valence-corrected chi connectivity index (χ4v) is 2.58. The van der Waals surface area contributed by atoms with Crippen molar-refractivity contribution < 1.29 is 14.3 Å². The third-order valence-corrected chi connectivity index (χ3v) is 4.04. The molecule has 1 amide bonds. The summed E-state index contributed by atoms with van der Waals surface area (Å²) in [5, 5.41) is 2.91. The molecule has 1 aliphatic rings. The van der Waals surface area contributed by atoms with E-state index in [2.05, 4.69) is 15.2 Å². The number of pyridine rings is 1. The molecule has 25 heavy (non-hydrogen) atoms. The Bertz CT molecular complexity index is 697. The van der Waals surface area contributed by atoms with E-state index in [1.54, 1.807) is 18.3 Å². The number of aryl methyl sites for hydroxylation is 1. The number of morpholine rings is 1. The molecule has 0 spiro atoms. The summed E-state index contributed by atoms with van der Waals surface area (Å²) in [4.78, 5) is 18.7. The maximum absolute atomic E-state index is 12.3. The monoisotopic (exact) mass is 341 g/mol. The van der Waals surface area contributed by atoms with Gasteiger partial charge in [0, 0.05) is 38.4 Å². The van der Waals surface area contributed by atoms with Gasteiger partial charge >= 0.3 is 0 Å². The Morgan fingerprint density at radius 3 is 2.72 bits per heavy atom. The van der Waals surface area contributed by atoms with Crippen molar-refractivity contribution in [1.82, 2.24) is 15.2 Å². The standard InChI is InChI=1S/C19H23N3O3/c1-15-2-4-16(5-3-15)25-17-6-7-20-18(14-17)19(23)21-8-9-22-10-12-24-13-11-22/h2-7,14H,8-13H2,1H3,(H,21,23). The third kappa shape index (κ3) is 5.27. The summed E-state index contributed by atoms with van der Waals surface area (Å²) in [7, 11) is 0. The highest BCUT2D eigenvalue weighted by Gasteiger charge is 2.12. The summed E-state index contributed by atoms with van der Waals surface area (Å²) in [5.41, 5.74) is 1.52. The van der Waals surface area contributed by atoms with E-state index >= 15 is 0 Å². The number of aromatic nitrogens is 1. The first-order chi connectivity index (χ1) is 12.2. The van der Waals surface area contributed by atoms with E-state index in [4.69, 9.17) is 9.47 Å². The van der Waals surface area contributed by atoms with Gasteiger partial charge in [0.2, 0.25) is 0 Å². The van der Waals surface area contributed by atoms with E-state index in [0.717, 1.165) is 38.6 Å². The van der Waals surface area contributed by atoms with E-state index in [1.165, 1.54) is 5.56 Å². The topological polar surface area (TPSA) is 63.7 Å². The van der Waals surface area contributed by atoms with Crippen molar-refractivity contribution in [3.05, 3.63) is 53.9 Å². The number of hydrogen-bond acceptors (Lipinski definition) is 5. The molecule has 0 unspecified atom stereocenters. The summed E-state index contributed by atoms with van der Waals surface area (Å²) in [6.07, 6.45) is 1.58. The number of nitrogens with one attached hydrogen (secondary N) is 1. The van der Waals surface area contributed by atoms with Crippen LogP contribution in [0.15, 0.2) is 42.6 Å². The van der Waals surface area contributed by atoms with Crippen LogP contribution < -0.4 is 10.1 Å². The van der Waals surface area contributed by atoms with Crippen molar-refractivity contribution in [2.45, 2.75) is 6.92 Å². The minimum atomic E-state index is -0.192. The Morgan fingerprint density at radius 2 is 1.96 bits per heavy atom. The van der Waals surface area contributed by atoms with Crippen molar-refractivity contribution in [2.75, 3.05) is 39.4 Å². The molecule has 0 atom stereocenters. The molecule has 0 saturated carbocycles. The van der Waals surface area contributed by atoms with Crippen molar-refractivity contribution in [1.29, 1.82) is 0 Å². The lowest BCUT2D eigenvalue weighted by Crippen LogP contribution is -2.41. The summed E-state index contributed by atoms with van der Waals surface area (Å²) < 4.78 is 11.1. The van der Waals surface area contributed by atoms with Crippen molar-refractivity contribution in [2.24, 2.45) is 0 Å². The summed E-state index contributed by atoms with van der Waals surface area (Å²) in [5.74, 6) is 1.13. The van der Waals surface area contributed by atoms with Crippen LogP contribution in [0.2, 0.25) is 0 Å². The van der Waals surface area contributed by atoms with Crippen LogP contribution in [-0.2, 0) is 4.74 Å². The first kappa shape index (κ1) is 17.4. The maximum Gasteiger partial charge on any atom is 0.270 e. The molecule has 1 aliphatic heterocycles. The van der Waals surface area contributed by atoms with Crippen molar-refractivity contribution in [3.63, 3.8) is 0 Å². The van der Waals surface area contributed by atoms with E-state index in [-0.39, 0.29) is 5.91 Å². The number of carbonyl (C=O) groups excluding carboxylic acids is 1. The molecule has 6 heteroatoms. The molecule has 1 aromatic heterocycles. The van der Waals surface area contributed by atoms with Gasteiger partial charge in [-0.05, 0) is 25.1 Å². The quantitative estimate of drug-likeness (QED) is 0.873. The normalized spacial score (nSPS) is 14.9. The molecule has 0 bridgehead atoms. The molecule has 6 nitrogen and oxygen atoms in total. The molecule has 0 aliphatic carbocycles. The van der Waals surface area contributed by atoms with Gasteiger partial charge in [0.25, 0.3) is 5.91 Å². The number of hydrogen-bond donors (Lipinski definition) is 1. The Labute approximate surface area is 147 Å². The minimum absolute atomic E-state index is 0.192. The molecule has 2 heterocycles. The van der Waals surface area contributed by atoms with Crippen molar-refractivity contribution >= 4 is 5.91 Å². The molecule has 0 radical (unpaired) electrons. The van der Waals surface area contributed by atoms with Gasteiger partial charge in [-0.2, -0.15) is 0 Å². The number of amides is 1. The van der Waals surface area contributed by atoms with Crippen molar-refractivity contribution in [3.8, 4) is 11.5 Å². The van der Waals surface area contributed by atoms with Gasteiger partial charge < -0.3 is 14.8 Å². The second-order valence-corrected chi connectivity index (χ2v) is 6.00. The lowest BCUT2D eigenvalue weighted by Gasteiger charge is -2.26. The van der Waals surface area contributed by atoms with E-state index in [9.17, 15) is 4.79 Å². The lowest BCUT2D eigenvalue weighted by molar-refractivity contribution is 0.0383. The lowest BCUT2D eigenvalue weighted by atomic mass is 10.2. The summed E-state index contributed by atoms with van der Waals surface area (Å²) in [6.45, 7) is 6.76. The summed E-state index contributed by atoms with van der Waals surface area (Å²) >= 11 is 0. The zero-order valence-corrected chi connectivity index (χ0v) is 14.4. The minimum Gasteiger partial charge on any atom is -0.457 e. The molecular weight excluding hydrogens is 318 g/mol. The third-order valence-electron chi connectivity index (χ3n) is 4.04. The second-order valence-electron chi connectivity index (χ2n) is 6.00. The van der Waals surface area contributed by atoms with Crippen LogP contribution in [-0.4, -0.2) is 55.2 Å². The van der Waals surface area contributed by atoms with Gasteiger partial charge in [-0.1, -0.05) is 17.7 Å². The van der Waals surface area contributed by atoms with Gasteiger partial charge in [0.1, 0.15) is 17.2 Å². The first-order valence-corrected chi connectivity index (χ1v) is 8.49. The van der Waals surface area contributed by atoms with Gasteiger partial charge in [-0.3, -0.25) is 14.7 Å². The number of carbonyl (C=O) groups is 1. The van der Waals surface area contributed by atoms with Crippen LogP contribution in [0.1, 0.15) is 16.1 Å². The predicted molar refractivity (Wildman–Crippen MR) is 95.1 cm³/mol. The maximum atomic E-state index is 12.3. The molecule has 2 aromatic rings. The van der Waals surface area contributed by atoms with Gasteiger partial charge in [0.05, 0.1) is 13.2 Å². The highest BCUT2D eigenvalue weighted by Crippen LogP contribution is 2.21. The predicted octanol–water partition coefficient (Wildman–Crippen LogP) is 2.24. The Hall–Kier alpha value is -2.44. The van der Waals surface area contributed by atoms with Crippen LogP contribution in [0.3, 0.4) is 0 Å².